The molecule has 0 unspecified atom stereocenters. The molecular formula is C36H40N4O3. The molecule has 2 amide bonds. The van der Waals surface area contributed by atoms with Crippen molar-refractivity contribution in [2.24, 2.45) is 0 Å². The number of nitrogen functional groups attached to an aromatic ring is 2. The number of nitrogens with zero attached hydrogens (tertiary/aromatic N) is 2. The van der Waals surface area contributed by atoms with Gasteiger partial charge in [0.15, 0.2) is 5.79 Å². The van der Waals surface area contributed by atoms with Crippen LogP contribution >= 0.6 is 0 Å². The van der Waals surface area contributed by atoms with Gasteiger partial charge in [-0.1, -0.05) is 84.9 Å². The monoisotopic (exact) mass is 576 g/mol. The van der Waals surface area contributed by atoms with E-state index in [4.69, 9.17) is 20.9 Å². The van der Waals surface area contributed by atoms with E-state index in [2.05, 4.69) is 24.3 Å². The summed E-state index contributed by atoms with van der Waals surface area (Å²) >= 11 is 0. The Bertz CT molecular complexity index is 1430. The molecule has 0 aromatic heterocycles. The summed E-state index contributed by atoms with van der Waals surface area (Å²) in [4.78, 5) is 18.9. The number of nitrogens with two attached hydrogens (primary N) is 2. The minimum Gasteiger partial charge on any atom is -0.399 e. The summed E-state index contributed by atoms with van der Waals surface area (Å²) in [5.74, 6) is -0.814. The van der Waals surface area contributed by atoms with Crippen molar-refractivity contribution in [1.29, 1.82) is 0 Å². The maximum Gasteiger partial charge on any atom is 0.321 e. The lowest BCUT2D eigenvalue weighted by Gasteiger charge is -2.37. The molecule has 222 valence electrons. The highest BCUT2D eigenvalue weighted by Crippen LogP contribution is 2.40. The zero-order valence-corrected chi connectivity index (χ0v) is 24.8. The van der Waals surface area contributed by atoms with E-state index in [1.54, 1.807) is 0 Å². The smallest absolute Gasteiger partial charge is 0.321 e. The Morgan fingerprint density at radius 3 is 1.40 bits per heavy atom. The first kappa shape index (κ1) is 28.8. The van der Waals surface area contributed by atoms with Crippen molar-refractivity contribution in [3.05, 3.63) is 131 Å². The molecule has 6 rings (SSSR count). The highest BCUT2D eigenvalue weighted by molar-refractivity contribution is 5.76. The number of anilines is 2. The maximum atomic E-state index is 15.0. The van der Waals surface area contributed by atoms with E-state index in [0.29, 0.717) is 37.3 Å². The summed E-state index contributed by atoms with van der Waals surface area (Å²) in [5, 5.41) is 0. The first-order chi connectivity index (χ1) is 20.8. The number of amides is 2. The molecule has 7 heteroatoms. The van der Waals surface area contributed by atoms with Crippen molar-refractivity contribution in [2.45, 2.75) is 69.9 Å². The third-order valence-corrected chi connectivity index (χ3v) is 8.40. The van der Waals surface area contributed by atoms with Crippen LogP contribution in [0.25, 0.3) is 0 Å². The molecule has 4 aromatic rings. The van der Waals surface area contributed by atoms with Crippen LogP contribution in [0.3, 0.4) is 0 Å². The van der Waals surface area contributed by atoms with Crippen LogP contribution in [0.1, 0.15) is 36.1 Å². The van der Waals surface area contributed by atoms with Crippen LogP contribution in [-0.4, -0.2) is 45.9 Å². The van der Waals surface area contributed by atoms with Gasteiger partial charge in [0.05, 0.1) is 12.1 Å². The zero-order valence-electron chi connectivity index (χ0n) is 24.8. The second-order valence-electron chi connectivity index (χ2n) is 12.1. The Kier molecular flexibility index (Phi) is 8.10. The van der Waals surface area contributed by atoms with Crippen molar-refractivity contribution in [3.63, 3.8) is 0 Å². The Balaban J connectivity index is 1.49. The van der Waals surface area contributed by atoms with Gasteiger partial charge in [-0.3, -0.25) is 0 Å². The molecule has 0 bridgehead atoms. The molecule has 0 saturated carbocycles. The van der Waals surface area contributed by atoms with Crippen LogP contribution in [0.4, 0.5) is 16.2 Å². The number of benzene rings is 4. The number of carbonyl (C=O) groups excluding carboxylic acids is 1. The average Bonchev–Trinajstić information content (AvgIpc) is 3.29. The third kappa shape index (κ3) is 6.53. The average molecular weight is 577 g/mol. The number of ether oxygens (including phenoxy) is 2. The van der Waals surface area contributed by atoms with Crippen molar-refractivity contribution in [3.8, 4) is 0 Å². The molecule has 2 aliphatic heterocycles. The third-order valence-electron chi connectivity index (χ3n) is 8.40. The lowest BCUT2D eigenvalue weighted by atomic mass is 9.91. The topological polar surface area (TPSA) is 94.0 Å². The van der Waals surface area contributed by atoms with Crippen molar-refractivity contribution >= 4 is 17.4 Å². The molecule has 7 nitrogen and oxygen atoms in total. The molecule has 2 heterocycles. The van der Waals surface area contributed by atoms with Gasteiger partial charge in [0.2, 0.25) is 0 Å². The van der Waals surface area contributed by atoms with E-state index in [-0.39, 0.29) is 30.3 Å². The van der Waals surface area contributed by atoms with E-state index in [9.17, 15) is 4.79 Å². The normalized spacial score (nSPS) is 23.2. The summed E-state index contributed by atoms with van der Waals surface area (Å²) in [6.07, 6.45) is 0.527. The van der Waals surface area contributed by atoms with Crippen molar-refractivity contribution in [1.82, 2.24) is 9.80 Å². The fraction of sp³-hybridized carbons (Fsp3) is 0.306. The van der Waals surface area contributed by atoms with Gasteiger partial charge in [0.1, 0.15) is 12.2 Å². The van der Waals surface area contributed by atoms with Crippen LogP contribution < -0.4 is 11.5 Å². The summed E-state index contributed by atoms with van der Waals surface area (Å²) in [6, 6.07) is 35.5. The molecule has 4 N–H and O–H groups in total. The van der Waals surface area contributed by atoms with Crippen LogP contribution in [0.15, 0.2) is 109 Å². The van der Waals surface area contributed by atoms with Gasteiger partial charge in [-0.25, -0.2) is 4.79 Å². The predicted octanol–water partition coefficient (Wildman–Crippen LogP) is 6.03. The Labute approximate surface area is 254 Å². The minimum absolute atomic E-state index is 0.0638. The molecule has 4 aromatic carbocycles. The zero-order chi connectivity index (χ0) is 30.0. The van der Waals surface area contributed by atoms with Gasteiger partial charge in [0.25, 0.3) is 0 Å². The standard InChI is InChI=1S/C36H40N4O3/c1-36(2)42-33-31(21-25-11-5-3-6-12-25)39(23-27-15-9-17-29(37)19-27)35(41)40(24-28-16-10-18-30(38)20-28)32(34(33)43-36)22-26-13-7-4-8-14-26/h3-20,31-34H,21-24,37-38H2,1-2H3/t31-,32-,33+,34+/m1/s1. The van der Waals surface area contributed by atoms with E-state index >= 15 is 0 Å². The molecule has 0 radical (unpaired) electrons. The number of rotatable bonds is 8. The lowest BCUT2D eigenvalue weighted by Crippen LogP contribution is -2.51. The predicted molar refractivity (Wildman–Crippen MR) is 170 cm³/mol. The van der Waals surface area contributed by atoms with Crippen LogP contribution in [-0.2, 0) is 35.4 Å². The van der Waals surface area contributed by atoms with Gasteiger partial charge in [-0.2, -0.15) is 0 Å². The second kappa shape index (κ2) is 12.1. The van der Waals surface area contributed by atoms with E-state index in [0.717, 1.165) is 22.3 Å². The minimum atomic E-state index is -0.814. The molecule has 4 atom stereocenters. The fourth-order valence-electron chi connectivity index (χ4n) is 6.53. The largest absolute Gasteiger partial charge is 0.399 e. The van der Waals surface area contributed by atoms with E-state index in [1.165, 1.54) is 0 Å². The first-order valence-corrected chi connectivity index (χ1v) is 15.0. The number of hydrogen-bond acceptors (Lipinski definition) is 5. The quantitative estimate of drug-likeness (QED) is 0.250. The lowest BCUT2D eigenvalue weighted by molar-refractivity contribution is -0.157. The number of urea groups is 1. The van der Waals surface area contributed by atoms with E-state index in [1.807, 2.05) is 109 Å². The molecule has 2 saturated heterocycles. The molecule has 2 aliphatic rings. The fourth-order valence-corrected chi connectivity index (χ4v) is 6.53. The Morgan fingerprint density at radius 1 is 0.605 bits per heavy atom. The summed E-state index contributed by atoms with van der Waals surface area (Å²) < 4.78 is 13.5. The summed E-state index contributed by atoms with van der Waals surface area (Å²) in [5.41, 5.74) is 17.9. The highest BCUT2D eigenvalue weighted by atomic mass is 16.8. The number of hydrogen-bond donors (Lipinski definition) is 2. The maximum absolute atomic E-state index is 15.0. The Hall–Kier alpha value is -4.33. The molecule has 0 spiro atoms. The summed E-state index contributed by atoms with van der Waals surface area (Å²) in [6.45, 7) is 4.71. The number of carbonyl (C=O) groups is 1. The number of fused-ring (bicyclic) bond motifs is 1. The van der Waals surface area contributed by atoms with Crippen LogP contribution in [0, 0.1) is 0 Å². The first-order valence-electron chi connectivity index (χ1n) is 15.0. The molecule has 43 heavy (non-hydrogen) atoms. The highest BCUT2D eigenvalue weighted by Gasteiger charge is 2.55. The molecule has 2 fully saturated rings. The van der Waals surface area contributed by atoms with Gasteiger partial charge >= 0.3 is 6.03 Å². The van der Waals surface area contributed by atoms with E-state index < -0.39 is 5.79 Å². The van der Waals surface area contributed by atoms with Crippen molar-refractivity contribution < 1.29 is 14.3 Å². The van der Waals surface area contributed by atoms with Gasteiger partial charge in [-0.05, 0) is 73.2 Å². The Morgan fingerprint density at radius 2 is 1.00 bits per heavy atom. The molecular weight excluding hydrogens is 536 g/mol. The van der Waals surface area contributed by atoms with Crippen LogP contribution in [0.5, 0.6) is 0 Å². The molecule has 0 aliphatic carbocycles. The second-order valence-corrected chi connectivity index (χ2v) is 12.1. The van der Waals surface area contributed by atoms with Gasteiger partial charge in [-0.15, -0.1) is 0 Å². The van der Waals surface area contributed by atoms with Gasteiger partial charge < -0.3 is 30.7 Å². The van der Waals surface area contributed by atoms with Crippen LogP contribution in [0.2, 0.25) is 0 Å². The SMILES string of the molecule is CC1(C)O[C@@H]2[C@@H](O1)[C@@H](Cc1ccccc1)N(Cc1cccc(N)c1)C(=O)N(Cc1cccc(N)c1)[C@@H]2Cc1ccccc1. The van der Waals surface area contributed by atoms with Gasteiger partial charge in [0, 0.05) is 24.5 Å². The van der Waals surface area contributed by atoms with Crippen molar-refractivity contribution in [2.75, 3.05) is 11.5 Å². The summed E-state index contributed by atoms with van der Waals surface area (Å²) in [7, 11) is 0.